The molecule has 5 nitrogen and oxygen atoms in total. The number of para-hydroxylation sites is 4. The molecule has 9 aromatic carbocycles. The average molecular weight is 719 g/mol. The summed E-state index contributed by atoms with van der Waals surface area (Å²) >= 11 is 0. The van der Waals surface area contributed by atoms with E-state index in [0.29, 0.717) is 5.89 Å². The van der Waals surface area contributed by atoms with Crippen molar-refractivity contribution in [2.24, 2.45) is 0 Å². The van der Waals surface area contributed by atoms with Gasteiger partial charge in [-0.05, 0) is 119 Å². The third kappa shape index (κ3) is 4.78. The van der Waals surface area contributed by atoms with E-state index < -0.39 is 0 Å². The Kier molecular flexibility index (Phi) is 6.56. The Morgan fingerprint density at radius 2 is 0.804 bits per heavy atom. The molecule has 0 atom stereocenters. The maximum Gasteiger partial charge on any atom is 0.227 e. The molecule has 0 aliphatic rings. The number of benzene rings is 9. The Bertz CT molecular complexity index is 3290. The van der Waals surface area contributed by atoms with Crippen molar-refractivity contribution in [2.75, 3.05) is 4.90 Å². The summed E-state index contributed by atoms with van der Waals surface area (Å²) in [7, 11) is 0. The molecule has 0 amide bonds. The van der Waals surface area contributed by atoms with Gasteiger partial charge in [0.25, 0.3) is 0 Å². The molecule has 12 rings (SSSR count). The van der Waals surface area contributed by atoms with Gasteiger partial charge in [0.1, 0.15) is 27.8 Å². The van der Waals surface area contributed by atoms with Crippen molar-refractivity contribution in [2.45, 2.75) is 0 Å². The maximum atomic E-state index is 6.41. The predicted octanol–water partition coefficient (Wildman–Crippen LogP) is 14.7. The highest BCUT2D eigenvalue weighted by Crippen LogP contribution is 2.42. The van der Waals surface area contributed by atoms with Gasteiger partial charge in [-0.15, -0.1) is 0 Å². The van der Waals surface area contributed by atoms with Crippen molar-refractivity contribution < 1.29 is 13.3 Å². The second kappa shape index (κ2) is 11.9. The van der Waals surface area contributed by atoms with Crippen molar-refractivity contribution >= 4 is 93.6 Å². The fraction of sp³-hybridized carbons (Fsp3) is 0. The van der Waals surface area contributed by atoms with Crippen LogP contribution < -0.4 is 4.90 Å². The van der Waals surface area contributed by atoms with Crippen LogP contribution in [0, 0.1) is 0 Å². The van der Waals surface area contributed by atoms with Crippen molar-refractivity contribution in [3.63, 3.8) is 0 Å². The summed E-state index contributed by atoms with van der Waals surface area (Å²) in [5.74, 6) is 0.622. The van der Waals surface area contributed by atoms with Gasteiger partial charge in [0, 0.05) is 54.9 Å². The van der Waals surface area contributed by atoms with E-state index in [1.807, 2.05) is 48.5 Å². The second-order valence-electron chi connectivity index (χ2n) is 14.3. The summed E-state index contributed by atoms with van der Waals surface area (Å²) in [5.41, 5.74) is 11.6. The number of fused-ring (bicyclic) bond motifs is 11. The fourth-order valence-electron chi connectivity index (χ4n) is 8.33. The lowest BCUT2D eigenvalue weighted by atomic mass is 10.0. The minimum atomic E-state index is 0.622. The number of furan rings is 2. The lowest BCUT2D eigenvalue weighted by molar-refractivity contribution is 0.620. The van der Waals surface area contributed by atoms with Crippen molar-refractivity contribution in [1.82, 2.24) is 4.98 Å². The first-order chi connectivity index (χ1) is 27.7. The fourth-order valence-corrected chi connectivity index (χ4v) is 8.33. The molecule has 3 aromatic heterocycles. The molecule has 262 valence electrons. The Morgan fingerprint density at radius 3 is 1.38 bits per heavy atom. The minimum absolute atomic E-state index is 0.622. The van der Waals surface area contributed by atoms with Crippen molar-refractivity contribution in [3.05, 3.63) is 182 Å². The topological polar surface area (TPSA) is 55.6 Å². The normalized spacial score (nSPS) is 11.9. The van der Waals surface area contributed by atoms with Crippen LogP contribution in [0.1, 0.15) is 0 Å². The van der Waals surface area contributed by atoms with E-state index in [-0.39, 0.29) is 0 Å². The number of hydrogen-bond acceptors (Lipinski definition) is 5. The maximum absolute atomic E-state index is 6.41. The largest absolute Gasteiger partial charge is 0.455 e. The van der Waals surface area contributed by atoms with Crippen molar-refractivity contribution in [1.29, 1.82) is 0 Å². The second-order valence-corrected chi connectivity index (χ2v) is 14.3. The van der Waals surface area contributed by atoms with Crippen LogP contribution in [-0.4, -0.2) is 4.98 Å². The Hall–Kier alpha value is -7.63. The number of aromatic nitrogens is 1. The van der Waals surface area contributed by atoms with E-state index in [4.69, 9.17) is 13.3 Å². The number of oxazole rings is 1. The van der Waals surface area contributed by atoms with E-state index in [0.717, 1.165) is 110 Å². The van der Waals surface area contributed by atoms with E-state index in [9.17, 15) is 0 Å². The van der Waals surface area contributed by atoms with Gasteiger partial charge in [-0.2, -0.15) is 0 Å². The van der Waals surface area contributed by atoms with Gasteiger partial charge in [-0.25, -0.2) is 4.98 Å². The van der Waals surface area contributed by atoms with E-state index in [1.165, 1.54) is 0 Å². The summed E-state index contributed by atoms with van der Waals surface area (Å²) < 4.78 is 18.8. The van der Waals surface area contributed by atoms with Gasteiger partial charge in [0.2, 0.25) is 5.89 Å². The van der Waals surface area contributed by atoms with Crippen LogP contribution in [0.3, 0.4) is 0 Å². The van der Waals surface area contributed by atoms with Gasteiger partial charge in [0.15, 0.2) is 5.58 Å². The Labute approximate surface area is 320 Å². The molecule has 5 heteroatoms. The molecule has 0 N–H and O–H groups in total. The number of rotatable bonds is 5. The molecule has 3 heterocycles. The first-order valence-corrected chi connectivity index (χ1v) is 18.8. The molecule has 0 saturated carbocycles. The smallest absolute Gasteiger partial charge is 0.227 e. The van der Waals surface area contributed by atoms with Crippen LogP contribution in [0.25, 0.3) is 99.1 Å². The average Bonchev–Trinajstić information content (AvgIpc) is 3.98. The van der Waals surface area contributed by atoms with Crippen LogP contribution in [0.5, 0.6) is 0 Å². The zero-order valence-corrected chi connectivity index (χ0v) is 29.9. The molecule has 0 aliphatic carbocycles. The molecule has 0 unspecified atom stereocenters. The van der Waals surface area contributed by atoms with E-state index >= 15 is 0 Å². The van der Waals surface area contributed by atoms with Crippen LogP contribution in [0.2, 0.25) is 0 Å². The molecular weight excluding hydrogens is 689 g/mol. The predicted molar refractivity (Wildman–Crippen MR) is 229 cm³/mol. The molecule has 56 heavy (non-hydrogen) atoms. The van der Waals surface area contributed by atoms with Crippen molar-refractivity contribution in [3.8, 4) is 22.6 Å². The van der Waals surface area contributed by atoms with Gasteiger partial charge in [-0.3, -0.25) is 0 Å². The molecule has 0 spiro atoms. The van der Waals surface area contributed by atoms with Crippen LogP contribution in [0.15, 0.2) is 195 Å². The Balaban J connectivity index is 0.964. The monoisotopic (exact) mass is 718 g/mol. The van der Waals surface area contributed by atoms with Gasteiger partial charge < -0.3 is 18.2 Å². The molecule has 0 aliphatic heterocycles. The van der Waals surface area contributed by atoms with Crippen LogP contribution in [0.4, 0.5) is 17.1 Å². The lowest BCUT2D eigenvalue weighted by Crippen LogP contribution is -2.10. The zero-order chi connectivity index (χ0) is 36.7. The first-order valence-electron chi connectivity index (χ1n) is 18.8. The number of anilines is 3. The third-order valence-electron chi connectivity index (χ3n) is 11.1. The SMILES string of the molecule is c1ccc2oc(-c3ccc(-c4ccc(N(c5ccc6c(ccc7c8ccccc8oc67)c5)c5ccc6c(ccc7c8ccccc8oc67)c5)cc4)cc3)nc2c1. The quantitative estimate of drug-likeness (QED) is 0.177. The summed E-state index contributed by atoms with van der Waals surface area (Å²) in [6.07, 6.45) is 0. The molecule has 0 saturated heterocycles. The summed E-state index contributed by atoms with van der Waals surface area (Å²) in [6, 6.07) is 63.5. The molecule has 0 bridgehead atoms. The Morgan fingerprint density at radius 1 is 0.339 bits per heavy atom. The standard InChI is InChI=1S/C51H30N2O3/c1-4-10-46-41(7-1)43-25-19-34-29-37(23-27-39(34)49(43)54-46)53(38-24-28-40-35(30-38)20-26-44-42-8-2-5-11-47(42)55-50(40)44)36-21-17-32(18-22-36)31-13-15-33(16-14-31)51-52-45-9-3-6-12-48(45)56-51/h1-30H. The van der Waals surface area contributed by atoms with Crippen LogP contribution in [-0.2, 0) is 0 Å². The van der Waals surface area contributed by atoms with E-state index in [2.05, 4.69) is 143 Å². The highest BCUT2D eigenvalue weighted by molar-refractivity contribution is 6.17. The van der Waals surface area contributed by atoms with Gasteiger partial charge in [-0.1, -0.05) is 84.9 Å². The van der Waals surface area contributed by atoms with Crippen LogP contribution >= 0.6 is 0 Å². The molecular formula is C51H30N2O3. The first kappa shape index (κ1) is 30.8. The van der Waals surface area contributed by atoms with E-state index in [1.54, 1.807) is 0 Å². The zero-order valence-electron chi connectivity index (χ0n) is 29.9. The minimum Gasteiger partial charge on any atom is -0.455 e. The third-order valence-corrected chi connectivity index (χ3v) is 11.1. The molecule has 0 radical (unpaired) electrons. The lowest BCUT2D eigenvalue weighted by Gasteiger charge is -2.26. The highest BCUT2D eigenvalue weighted by Gasteiger charge is 2.18. The van der Waals surface area contributed by atoms with Gasteiger partial charge in [0.05, 0.1) is 0 Å². The molecule has 12 aromatic rings. The van der Waals surface area contributed by atoms with Gasteiger partial charge >= 0.3 is 0 Å². The number of hydrogen-bond donors (Lipinski definition) is 0. The summed E-state index contributed by atoms with van der Waals surface area (Å²) in [5, 5.41) is 8.91. The molecule has 0 fully saturated rings. The summed E-state index contributed by atoms with van der Waals surface area (Å²) in [6.45, 7) is 0. The highest BCUT2D eigenvalue weighted by atomic mass is 16.3. The summed E-state index contributed by atoms with van der Waals surface area (Å²) in [4.78, 5) is 7.00. The number of nitrogens with zero attached hydrogens (tertiary/aromatic N) is 2.